The zero-order chi connectivity index (χ0) is 17.9. The zero-order valence-electron chi connectivity index (χ0n) is 14.8. The number of hydrogen-bond acceptors (Lipinski definition) is 4. The first-order chi connectivity index (χ1) is 11.9. The average molecular weight is 365 g/mol. The Hall–Kier alpha value is -1.60. The van der Waals surface area contributed by atoms with Gasteiger partial charge in [-0.05, 0) is 50.9 Å². The van der Waals surface area contributed by atoms with E-state index in [9.17, 15) is 13.2 Å². The summed E-state index contributed by atoms with van der Waals surface area (Å²) in [6.45, 7) is 3.82. The minimum Gasteiger partial charge on any atom is -0.338 e. The number of rotatable bonds is 4. The van der Waals surface area contributed by atoms with Crippen LogP contribution in [0.5, 0.6) is 0 Å². The molecule has 2 fully saturated rings. The lowest BCUT2D eigenvalue weighted by Gasteiger charge is -2.40. The highest BCUT2D eigenvalue weighted by molar-refractivity contribution is 7.92. The molecule has 1 aromatic rings. The fourth-order valence-electron chi connectivity index (χ4n) is 3.85. The van der Waals surface area contributed by atoms with E-state index in [1.54, 1.807) is 24.3 Å². The van der Waals surface area contributed by atoms with Gasteiger partial charge in [-0.2, -0.15) is 0 Å². The Morgan fingerprint density at radius 1 is 1.04 bits per heavy atom. The Morgan fingerprint density at radius 2 is 1.68 bits per heavy atom. The molecule has 1 amide bonds. The third-order valence-electron chi connectivity index (χ3n) is 5.11. The third kappa shape index (κ3) is 4.73. The Balaban J connectivity index is 1.65. The van der Waals surface area contributed by atoms with E-state index >= 15 is 0 Å². The van der Waals surface area contributed by atoms with Crippen LogP contribution in [0.3, 0.4) is 0 Å². The molecule has 2 aliphatic rings. The number of benzene rings is 1. The summed E-state index contributed by atoms with van der Waals surface area (Å²) in [5.41, 5.74) is 0.775. The largest absolute Gasteiger partial charge is 0.338 e. The van der Waals surface area contributed by atoms with Crippen molar-refractivity contribution < 1.29 is 13.2 Å². The minimum absolute atomic E-state index is 0.0937. The summed E-state index contributed by atoms with van der Waals surface area (Å²) in [5.74, 6) is -0.0937. The fourth-order valence-corrected chi connectivity index (χ4v) is 4.42. The Morgan fingerprint density at radius 3 is 2.32 bits per heavy atom. The van der Waals surface area contributed by atoms with Gasteiger partial charge in [0.05, 0.1) is 17.5 Å². The summed E-state index contributed by atoms with van der Waals surface area (Å²) in [5, 5.41) is 0. The molecule has 0 spiro atoms. The van der Waals surface area contributed by atoms with Gasteiger partial charge in [-0.1, -0.05) is 18.6 Å². The van der Waals surface area contributed by atoms with E-state index < -0.39 is 10.0 Å². The SMILES string of the molecule is CS(=O)(=O)Nc1ccccc1C(=O)N1CCC(N2CCCCC2)CC1. The zero-order valence-corrected chi connectivity index (χ0v) is 15.6. The van der Waals surface area contributed by atoms with Crippen LogP contribution in [0.1, 0.15) is 42.5 Å². The van der Waals surface area contributed by atoms with E-state index in [1.807, 2.05) is 4.90 Å². The molecular weight excluding hydrogens is 338 g/mol. The maximum absolute atomic E-state index is 12.9. The molecule has 25 heavy (non-hydrogen) atoms. The highest BCUT2D eigenvalue weighted by Crippen LogP contribution is 2.24. The summed E-state index contributed by atoms with van der Waals surface area (Å²) in [4.78, 5) is 17.3. The number of hydrogen-bond donors (Lipinski definition) is 1. The first-order valence-electron chi connectivity index (χ1n) is 9.04. The number of sulfonamides is 1. The van der Waals surface area contributed by atoms with Gasteiger partial charge in [-0.25, -0.2) is 8.42 Å². The number of carbonyl (C=O) groups excluding carboxylic acids is 1. The van der Waals surface area contributed by atoms with Crippen LogP contribution in [0.25, 0.3) is 0 Å². The molecular formula is C18H27N3O3S. The van der Waals surface area contributed by atoms with E-state index in [4.69, 9.17) is 0 Å². The van der Waals surface area contributed by atoms with Crippen molar-refractivity contribution in [3.05, 3.63) is 29.8 Å². The molecule has 0 aliphatic carbocycles. The highest BCUT2D eigenvalue weighted by Gasteiger charge is 2.29. The number of para-hydroxylation sites is 1. The number of likely N-dealkylation sites (tertiary alicyclic amines) is 2. The van der Waals surface area contributed by atoms with Gasteiger partial charge in [0.2, 0.25) is 10.0 Å². The second-order valence-corrected chi connectivity index (χ2v) is 8.79. The molecule has 1 N–H and O–H groups in total. The number of carbonyl (C=O) groups is 1. The lowest BCUT2D eigenvalue weighted by molar-refractivity contribution is 0.0591. The van der Waals surface area contributed by atoms with Crippen molar-refractivity contribution in [2.24, 2.45) is 0 Å². The topological polar surface area (TPSA) is 69.7 Å². The van der Waals surface area contributed by atoms with E-state index in [0.717, 1.165) is 32.2 Å². The number of amides is 1. The van der Waals surface area contributed by atoms with Crippen molar-refractivity contribution in [1.82, 2.24) is 9.80 Å². The lowest BCUT2D eigenvalue weighted by Crippen LogP contribution is -2.48. The fraction of sp³-hybridized carbons (Fsp3) is 0.611. The molecule has 138 valence electrons. The molecule has 7 heteroatoms. The van der Waals surface area contributed by atoms with Gasteiger partial charge in [-0.3, -0.25) is 9.52 Å². The van der Waals surface area contributed by atoms with Crippen molar-refractivity contribution >= 4 is 21.6 Å². The molecule has 0 atom stereocenters. The summed E-state index contributed by atoms with van der Waals surface area (Å²) in [6, 6.07) is 7.39. The predicted molar refractivity (Wildman–Crippen MR) is 99.3 cm³/mol. The first-order valence-corrected chi connectivity index (χ1v) is 10.9. The van der Waals surface area contributed by atoms with Gasteiger partial charge in [0.15, 0.2) is 0 Å². The third-order valence-corrected chi connectivity index (χ3v) is 5.70. The van der Waals surface area contributed by atoms with Gasteiger partial charge >= 0.3 is 0 Å². The molecule has 2 aliphatic heterocycles. The van der Waals surface area contributed by atoms with Crippen molar-refractivity contribution in [3.8, 4) is 0 Å². The summed E-state index contributed by atoms with van der Waals surface area (Å²) < 4.78 is 25.5. The molecule has 0 saturated carbocycles. The standard InChI is InChI=1S/C18H27N3O3S/c1-25(23,24)19-17-8-4-3-7-16(17)18(22)21-13-9-15(10-14-21)20-11-5-2-6-12-20/h3-4,7-8,15,19H,2,5-6,9-14H2,1H3. The quantitative estimate of drug-likeness (QED) is 0.888. The monoisotopic (exact) mass is 365 g/mol. The summed E-state index contributed by atoms with van der Waals surface area (Å²) in [7, 11) is -3.41. The molecule has 1 aromatic carbocycles. The van der Waals surface area contributed by atoms with Gasteiger partial charge in [0.25, 0.3) is 5.91 Å². The smallest absolute Gasteiger partial charge is 0.255 e. The summed E-state index contributed by atoms with van der Waals surface area (Å²) >= 11 is 0. The van der Waals surface area contributed by atoms with Gasteiger partial charge in [0.1, 0.15) is 0 Å². The lowest BCUT2D eigenvalue weighted by atomic mass is 9.99. The minimum atomic E-state index is -3.41. The number of nitrogens with zero attached hydrogens (tertiary/aromatic N) is 2. The number of anilines is 1. The Bertz CT molecular complexity index is 706. The maximum atomic E-state index is 12.9. The molecule has 0 bridgehead atoms. The molecule has 0 radical (unpaired) electrons. The van der Waals surface area contributed by atoms with Crippen LogP contribution < -0.4 is 4.72 Å². The number of piperidine rings is 2. The first kappa shape index (κ1) is 18.2. The second-order valence-electron chi connectivity index (χ2n) is 7.04. The van der Waals surface area contributed by atoms with E-state index in [-0.39, 0.29) is 5.91 Å². The predicted octanol–water partition coefficient (Wildman–Crippen LogP) is 2.15. The number of nitrogens with one attached hydrogen (secondary N) is 1. The van der Waals surface area contributed by atoms with Crippen LogP contribution in [0.15, 0.2) is 24.3 Å². The van der Waals surface area contributed by atoms with Crippen molar-refractivity contribution in [1.29, 1.82) is 0 Å². The molecule has 0 unspecified atom stereocenters. The van der Waals surface area contributed by atoms with Crippen molar-refractivity contribution in [3.63, 3.8) is 0 Å². The van der Waals surface area contributed by atoms with Crippen LogP contribution in [-0.4, -0.2) is 62.6 Å². The van der Waals surface area contributed by atoms with Gasteiger partial charge in [0, 0.05) is 19.1 Å². The summed E-state index contributed by atoms with van der Waals surface area (Å²) in [6.07, 6.45) is 6.98. The van der Waals surface area contributed by atoms with Gasteiger partial charge in [-0.15, -0.1) is 0 Å². The van der Waals surface area contributed by atoms with Crippen LogP contribution in [0, 0.1) is 0 Å². The van der Waals surface area contributed by atoms with Crippen LogP contribution in [0.2, 0.25) is 0 Å². The van der Waals surface area contributed by atoms with E-state index in [0.29, 0.717) is 17.3 Å². The van der Waals surface area contributed by atoms with Crippen molar-refractivity contribution in [2.45, 2.75) is 38.1 Å². The molecule has 6 nitrogen and oxygen atoms in total. The second kappa shape index (κ2) is 7.74. The van der Waals surface area contributed by atoms with Crippen molar-refractivity contribution in [2.75, 3.05) is 37.2 Å². The molecule has 2 heterocycles. The molecule has 2 saturated heterocycles. The van der Waals surface area contributed by atoms with Crippen LogP contribution in [0.4, 0.5) is 5.69 Å². The Kier molecular flexibility index (Phi) is 5.64. The molecule has 3 rings (SSSR count). The van der Waals surface area contributed by atoms with E-state index in [2.05, 4.69) is 9.62 Å². The van der Waals surface area contributed by atoms with Crippen LogP contribution in [-0.2, 0) is 10.0 Å². The normalized spacial score (nSPS) is 20.4. The maximum Gasteiger partial charge on any atom is 0.255 e. The van der Waals surface area contributed by atoms with Crippen LogP contribution >= 0.6 is 0 Å². The van der Waals surface area contributed by atoms with E-state index in [1.165, 1.54) is 32.4 Å². The average Bonchev–Trinajstić information content (AvgIpc) is 2.61. The highest BCUT2D eigenvalue weighted by atomic mass is 32.2. The molecule has 0 aromatic heterocycles. The Labute approximate surface area is 150 Å². The van der Waals surface area contributed by atoms with Gasteiger partial charge < -0.3 is 9.80 Å².